The van der Waals surface area contributed by atoms with E-state index in [4.69, 9.17) is 0 Å². The molecule has 0 heterocycles. The van der Waals surface area contributed by atoms with Gasteiger partial charge in [-0.15, -0.1) is 0 Å². The van der Waals surface area contributed by atoms with Crippen LogP contribution in [0, 0.1) is 52.5 Å². The second kappa shape index (κ2) is 11.0. The molecule has 0 spiro atoms. The summed E-state index contributed by atoms with van der Waals surface area (Å²) < 4.78 is 26.6. The number of nitro benzene ring substituents is 1. The van der Waals surface area contributed by atoms with E-state index in [1.54, 1.807) is 48.5 Å². The van der Waals surface area contributed by atoms with Crippen LogP contribution in [0.4, 0.5) is 5.69 Å². The zero-order chi connectivity index (χ0) is 24.8. The molecule has 7 nitrogen and oxygen atoms in total. The van der Waals surface area contributed by atoms with Gasteiger partial charge in [-0.25, -0.2) is 0 Å². The van der Waals surface area contributed by atoms with Gasteiger partial charge in [0.15, 0.2) is 0 Å². The number of rotatable bonds is 8. The Morgan fingerprint density at radius 1 is 0.765 bits per heavy atom. The standard InChI is InChI=1S/C25H21N3O4S2/c1-17-3-11-22(12-4-17)33(31)25(34(32)23-13-5-18(2)6-14-23)24(20(15-26)16-27)19-7-9-21(10-8-19)28(29)30/h3-14,20,24-25H,1-2H3/t24-,25?,33?,34?/m0/s1. The summed E-state index contributed by atoms with van der Waals surface area (Å²) in [5.41, 5.74) is 2.13. The molecule has 0 fully saturated rings. The molecule has 0 aromatic heterocycles. The Morgan fingerprint density at radius 3 is 1.53 bits per heavy atom. The van der Waals surface area contributed by atoms with Crippen LogP contribution in [0.1, 0.15) is 22.6 Å². The van der Waals surface area contributed by atoms with Crippen LogP contribution in [0.5, 0.6) is 0 Å². The van der Waals surface area contributed by atoms with Crippen molar-refractivity contribution >= 4 is 27.3 Å². The molecule has 0 saturated carbocycles. The minimum absolute atomic E-state index is 0.163. The van der Waals surface area contributed by atoms with Crippen molar-refractivity contribution in [3.63, 3.8) is 0 Å². The predicted molar refractivity (Wildman–Crippen MR) is 130 cm³/mol. The molecule has 0 radical (unpaired) electrons. The summed E-state index contributed by atoms with van der Waals surface area (Å²) in [5, 5.41) is 30.6. The molecule has 3 rings (SSSR count). The number of aryl methyl sites for hydroxylation is 2. The average Bonchev–Trinajstić information content (AvgIpc) is 2.84. The third-order valence-electron chi connectivity index (χ3n) is 5.35. The molecular weight excluding hydrogens is 470 g/mol. The van der Waals surface area contributed by atoms with Crippen molar-refractivity contribution in [1.29, 1.82) is 10.5 Å². The molecule has 0 aliphatic rings. The fraction of sp³-hybridized carbons (Fsp3) is 0.200. The van der Waals surface area contributed by atoms with Crippen molar-refractivity contribution in [2.75, 3.05) is 0 Å². The van der Waals surface area contributed by atoms with E-state index in [1.807, 2.05) is 26.0 Å². The highest BCUT2D eigenvalue weighted by Gasteiger charge is 2.40. The van der Waals surface area contributed by atoms with Crippen LogP contribution in [0.25, 0.3) is 0 Å². The Bertz CT molecular complexity index is 1240. The lowest BCUT2D eigenvalue weighted by molar-refractivity contribution is -0.384. The zero-order valence-electron chi connectivity index (χ0n) is 18.5. The minimum atomic E-state index is -1.87. The van der Waals surface area contributed by atoms with E-state index in [9.17, 15) is 29.1 Å². The minimum Gasteiger partial charge on any atom is -0.258 e. The van der Waals surface area contributed by atoms with Gasteiger partial charge in [-0.05, 0) is 43.7 Å². The van der Waals surface area contributed by atoms with Gasteiger partial charge in [0.05, 0.1) is 38.7 Å². The summed E-state index contributed by atoms with van der Waals surface area (Å²) in [4.78, 5) is 11.4. The highest BCUT2D eigenvalue weighted by atomic mass is 32.2. The summed E-state index contributed by atoms with van der Waals surface area (Å²) >= 11 is 0. The van der Waals surface area contributed by atoms with Crippen LogP contribution in [0.2, 0.25) is 0 Å². The molecule has 0 saturated heterocycles. The second-order valence-corrected chi connectivity index (χ2v) is 11.1. The Balaban J connectivity index is 2.21. The number of nitrogens with zero attached hydrogens (tertiary/aromatic N) is 3. The van der Waals surface area contributed by atoms with Crippen molar-refractivity contribution in [2.24, 2.45) is 5.92 Å². The number of hydrogen-bond donors (Lipinski definition) is 0. The second-order valence-electron chi connectivity index (χ2n) is 7.70. The first-order valence-electron chi connectivity index (χ1n) is 10.2. The SMILES string of the molecule is Cc1ccc(S(=O)C([C@@H](c2ccc([N+](=O)[O-])cc2)C(C#N)C#N)S(=O)c2ccc(C)cc2)cc1. The van der Waals surface area contributed by atoms with Gasteiger partial charge in [-0.2, -0.15) is 10.5 Å². The molecule has 3 aromatic rings. The van der Waals surface area contributed by atoms with Gasteiger partial charge in [-0.3, -0.25) is 18.5 Å². The third kappa shape index (κ3) is 5.45. The largest absolute Gasteiger partial charge is 0.269 e. The lowest BCUT2D eigenvalue weighted by Gasteiger charge is -2.27. The van der Waals surface area contributed by atoms with E-state index in [-0.39, 0.29) is 5.69 Å². The van der Waals surface area contributed by atoms with Crippen LogP contribution in [0.3, 0.4) is 0 Å². The quantitative estimate of drug-likeness (QED) is 0.326. The topological polar surface area (TPSA) is 125 Å². The molecule has 3 atom stereocenters. The molecule has 34 heavy (non-hydrogen) atoms. The van der Waals surface area contributed by atoms with Gasteiger partial charge in [0.1, 0.15) is 10.5 Å². The van der Waals surface area contributed by atoms with E-state index < -0.39 is 42.9 Å². The predicted octanol–water partition coefficient (Wildman–Crippen LogP) is 4.90. The number of benzene rings is 3. The average molecular weight is 492 g/mol. The van der Waals surface area contributed by atoms with Crippen molar-refractivity contribution < 1.29 is 13.3 Å². The van der Waals surface area contributed by atoms with Crippen LogP contribution >= 0.6 is 0 Å². The lowest BCUT2D eigenvalue weighted by atomic mass is 9.89. The first-order valence-corrected chi connectivity index (χ1v) is 12.7. The summed E-state index contributed by atoms with van der Waals surface area (Å²) in [6.45, 7) is 3.77. The van der Waals surface area contributed by atoms with Crippen molar-refractivity contribution in [2.45, 2.75) is 34.1 Å². The zero-order valence-corrected chi connectivity index (χ0v) is 20.1. The Morgan fingerprint density at radius 2 is 1.18 bits per heavy atom. The molecule has 0 bridgehead atoms. The lowest BCUT2D eigenvalue weighted by Crippen LogP contribution is -2.33. The van der Waals surface area contributed by atoms with Crippen LogP contribution < -0.4 is 0 Å². The molecule has 0 aliphatic carbocycles. The molecule has 9 heteroatoms. The third-order valence-corrected chi connectivity index (χ3v) is 9.30. The number of nitriles is 2. The van der Waals surface area contributed by atoms with Crippen LogP contribution in [-0.2, 0) is 21.6 Å². The normalized spacial score (nSPS) is 14.4. The van der Waals surface area contributed by atoms with E-state index in [0.29, 0.717) is 15.4 Å². The Hall–Kier alpha value is -3.66. The van der Waals surface area contributed by atoms with Gasteiger partial charge < -0.3 is 0 Å². The Labute approximate surface area is 202 Å². The first kappa shape index (κ1) is 25.0. The number of non-ortho nitro benzene ring substituents is 1. The maximum Gasteiger partial charge on any atom is 0.269 e. The van der Waals surface area contributed by atoms with E-state index >= 15 is 0 Å². The van der Waals surface area contributed by atoms with Gasteiger partial charge in [0.2, 0.25) is 0 Å². The summed E-state index contributed by atoms with van der Waals surface area (Å²) in [6.07, 6.45) is 0. The summed E-state index contributed by atoms with van der Waals surface area (Å²) in [5.74, 6) is -2.31. The van der Waals surface area contributed by atoms with E-state index in [2.05, 4.69) is 0 Å². The molecular formula is C25H21N3O4S2. The van der Waals surface area contributed by atoms with Gasteiger partial charge in [0, 0.05) is 27.8 Å². The molecule has 0 amide bonds. The van der Waals surface area contributed by atoms with E-state index in [0.717, 1.165) is 11.1 Å². The van der Waals surface area contributed by atoms with Gasteiger partial charge in [-0.1, -0.05) is 47.5 Å². The molecule has 0 N–H and O–H groups in total. The number of nitro groups is 1. The van der Waals surface area contributed by atoms with Crippen LogP contribution in [-0.4, -0.2) is 17.9 Å². The van der Waals surface area contributed by atoms with E-state index in [1.165, 1.54) is 24.3 Å². The maximum absolute atomic E-state index is 13.9. The summed E-state index contributed by atoms with van der Waals surface area (Å²) in [6, 6.07) is 23.1. The van der Waals surface area contributed by atoms with Gasteiger partial charge in [0.25, 0.3) is 5.69 Å². The molecule has 172 valence electrons. The highest BCUT2D eigenvalue weighted by Crippen LogP contribution is 2.37. The fourth-order valence-electron chi connectivity index (χ4n) is 3.47. The monoisotopic (exact) mass is 491 g/mol. The van der Waals surface area contributed by atoms with Crippen molar-refractivity contribution in [3.05, 3.63) is 99.6 Å². The van der Waals surface area contributed by atoms with Crippen molar-refractivity contribution in [3.8, 4) is 12.1 Å². The molecule has 3 aromatic carbocycles. The van der Waals surface area contributed by atoms with Crippen molar-refractivity contribution in [1.82, 2.24) is 0 Å². The van der Waals surface area contributed by atoms with Gasteiger partial charge >= 0.3 is 0 Å². The smallest absolute Gasteiger partial charge is 0.258 e. The molecule has 2 unspecified atom stereocenters. The highest BCUT2D eigenvalue weighted by molar-refractivity contribution is 8.03. The summed E-state index contributed by atoms with van der Waals surface area (Å²) in [7, 11) is -3.74. The Kier molecular flexibility index (Phi) is 8.06. The molecule has 0 aliphatic heterocycles. The first-order chi connectivity index (χ1) is 16.3. The fourth-order valence-corrected chi connectivity index (χ4v) is 7.28. The van der Waals surface area contributed by atoms with Crippen LogP contribution in [0.15, 0.2) is 82.6 Å². The number of hydrogen-bond acceptors (Lipinski definition) is 6. The maximum atomic E-state index is 13.9.